The molecule has 2 unspecified atom stereocenters. The Bertz CT molecular complexity index is 640. The number of aliphatic hydroxyl groups is 1. The van der Waals surface area contributed by atoms with Crippen LogP contribution >= 0.6 is 0 Å². The van der Waals surface area contributed by atoms with Crippen LogP contribution in [0.3, 0.4) is 0 Å². The zero-order valence-corrected chi connectivity index (χ0v) is 16.1. The smallest absolute Gasteiger partial charge is 0.338 e. The predicted molar refractivity (Wildman–Crippen MR) is 96.7 cm³/mol. The van der Waals surface area contributed by atoms with Crippen molar-refractivity contribution in [1.82, 2.24) is 0 Å². The van der Waals surface area contributed by atoms with Gasteiger partial charge < -0.3 is 14.6 Å². The monoisotopic (exact) mass is 388 g/mol. The molecule has 0 bridgehead atoms. The van der Waals surface area contributed by atoms with Crippen molar-refractivity contribution in [3.63, 3.8) is 0 Å². The molecule has 0 amide bonds. The number of carbonyl (C=O) groups excluding carboxylic acids is 1. The molecule has 0 aliphatic rings. The summed E-state index contributed by atoms with van der Waals surface area (Å²) < 4.78 is 41.3. The molecule has 0 aromatic heterocycles. The SMILES string of the molecule is CCCCC(CC)COCC(O)COC(=O)c1ccc(S(=O)(=O)O)cc1. The summed E-state index contributed by atoms with van der Waals surface area (Å²) in [5.74, 6) is -0.230. The summed E-state index contributed by atoms with van der Waals surface area (Å²) in [7, 11) is -4.31. The first-order chi connectivity index (χ1) is 12.3. The lowest BCUT2D eigenvalue weighted by atomic mass is 10.0. The number of benzene rings is 1. The minimum absolute atomic E-state index is 0.0810. The Morgan fingerprint density at radius 1 is 1.12 bits per heavy atom. The summed E-state index contributed by atoms with van der Waals surface area (Å²) in [5.41, 5.74) is 0.121. The number of ether oxygens (including phenoxy) is 2. The number of hydrogen-bond acceptors (Lipinski definition) is 6. The molecule has 0 spiro atoms. The Balaban J connectivity index is 2.35. The zero-order chi connectivity index (χ0) is 19.6. The number of carbonyl (C=O) groups is 1. The normalized spacial score (nSPS) is 14.0. The highest BCUT2D eigenvalue weighted by molar-refractivity contribution is 7.85. The van der Waals surface area contributed by atoms with Gasteiger partial charge in [-0.15, -0.1) is 0 Å². The van der Waals surface area contributed by atoms with Crippen LogP contribution < -0.4 is 0 Å². The molecular weight excluding hydrogens is 360 g/mol. The quantitative estimate of drug-likeness (QED) is 0.418. The molecule has 0 saturated carbocycles. The maximum absolute atomic E-state index is 11.9. The highest BCUT2D eigenvalue weighted by Gasteiger charge is 2.14. The lowest BCUT2D eigenvalue weighted by molar-refractivity contribution is -0.0188. The van der Waals surface area contributed by atoms with Crippen molar-refractivity contribution < 1.29 is 32.3 Å². The van der Waals surface area contributed by atoms with Gasteiger partial charge in [-0.05, 0) is 36.6 Å². The van der Waals surface area contributed by atoms with E-state index in [1.54, 1.807) is 0 Å². The largest absolute Gasteiger partial charge is 0.459 e. The van der Waals surface area contributed by atoms with Crippen LogP contribution in [0.2, 0.25) is 0 Å². The van der Waals surface area contributed by atoms with Gasteiger partial charge in [-0.3, -0.25) is 4.55 Å². The van der Waals surface area contributed by atoms with Crippen LogP contribution in [-0.4, -0.2) is 50.0 Å². The molecule has 0 aliphatic carbocycles. The highest BCUT2D eigenvalue weighted by Crippen LogP contribution is 2.13. The maximum atomic E-state index is 11.9. The molecule has 1 rings (SSSR count). The Hall–Kier alpha value is -1.48. The van der Waals surface area contributed by atoms with Crippen LogP contribution in [0.5, 0.6) is 0 Å². The van der Waals surface area contributed by atoms with Gasteiger partial charge in [0, 0.05) is 6.61 Å². The molecule has 0 fully saturated rings. The third-order valence-corrected chi connectivity index (χ3v) is 4.87. The van der Waals surface area contributed by atoms with Crippen molar-refractivity contribution in [3.05, 3.63) is 29.8 Å². The molecule has 7 nitrogen and oxygen atoms in total. The second kappa shape index (κ2) is 11.3. The Morgan fingerprint density at radius 3 is 2.31 bits per heavy atom. The van der Waals surface area contributed by atoms with Crippen molar-refractivity contribution in [3.8, 4) is 0 Å². The Morgan fingerprint density at radius 2 is 1.77 bits per heavy atom. The van der Waals surface area contributed by atoms with Gasteiger partial charge in [0.05, 0.1) is 17.1 Å². The van der Waals surface area contributed by atoms with Gasteiger partial charge in [0.15, 0.2) is 0 Å². The summed E-state index contributed by atoms with van der Waals surface area (Å²) >= 11 is 0. The van der Waals surface area contributed by atoms with E-state index in [0.29, 0.717) is 12.5 Å². The van der Waals surface area contributed by atoms with Crippen molar-refractivity contribution in [2.75, 3.05) is 19.8 Å². The molecule has 148 valence electrons. The molecule has 2 atom stereocenters. The predicted octanol–water partition coefficient (Wildman–Crippen LogP) is 2.68. The van der Waals surface area contributed by atoms with Gasteiger partial charge >= 0.3 is 5.97 Å². The standard InChI is InChI=1S/C18H28O7S/c1-3-5-6-14(4-2)11-24-12-16(19)13-25-18(20)15-7-9-17(10-8-15)26(21,22)23/h7-10,14,16,19H,3-6,11-13H2,1-2H3,(H,21,22,23). The molecule has 8 heteroatoms. The van der Waals surface area contributed by atoms with E-state index in [-0.39, 0.29) is 23.7 Å². The molecule has 1 aromatic rings. The third-order valence-electron chi connectivity index (χ3n) is 4.00. The van der Waals surface area contributed by atoms with Crippen LogP contribution in [0.15, 0.2) is 29.2 Å². The minimum atomic E-state index is -4.31. The second-order valence-corrected chi connectivity index (χ2v) is 7.63. The van der Waals surface area contributed by atoms with Gasteiger partial charge in [0.25, 0.3) is 10.1 Å². The number of aliphatic hydroxyl groups excluding tert-OH is 1. The minimum Gasteiger partial charge on any atom is -0.459 e. The van der Waals surface area contributed by atoms with Crippen LogP contribution in [0.1, 0.15) is 49.9 Å². The van der Waals surface area contributed by atoms with Crippen LogP contribution in [0.25, 0.3) is 0 Å². The van der Waals surface area contributed by atoms with E-state index >= 15 is 0 Å². The van der Waals surface area contributed by atoms with Gasteiger partial charge in [-0.2, -0.15) is 8.42 Å². The third kappa shape index (κ3) is 8.27. The van der Waals surface area contributed by atoms with Crippen LogP contribution in [0, 0.1) is 5.92 Å². The molecule has 1 aromatic carbocycles. The van der Waals surface area contributed by atoms with Crippen molar-refractivity contribution in [2.45, 2.75) is 50.5 Å². The maximum Gasteiger partial charge on any atom is 0.338 e. The number of hydrogen-bond donors (Lipinski definition) is 2. The highest BCUT2D eigenvalue weighted by atomic mass is 32.2. The molecule has 0 aliphatic heterocycles. The van der Waals surface area contributed by atoms with E-state index in [1.807, 2.05) is 0 Å². The molecule has 26 heavy (non-hydrogen) atoms. The summed E-state index contributed by atoms with van der Waals surface area (Å²) in [6, 6.07) is 4.67. The fourth-order valence-electron chi connectivity index (χ4n) is 2.34. The van der Waals surface area contributed by atoms with E-state index in [4.69, 9.17) is 14.0 Å². The number of unbranched alkanes of at least 4 members (excludes halogenated alkanes) is 1. The average Bonchev–Trinajstić information content (AvgIpc) is 2.61. The topological polar surface area (TPSA) is 110 Å². The van der Waals surface area contributed by atoms with Crippen LogP contribution in [-0.2, 0) is 19.6 Å². The molecular formula is C18H28O7S. The van der Waals surface area contributed by atoms with Crippen LogP contribution in [0.4, 0.5) is 0 Å². The number of esters is 1. The summed E-state index contributed by atoms with van der Waals surface area (Å²) in [4.78, 5) is 11.6. The average molecular weight is 388 g/mol. The van der Waals surface area contributed by atoms with Crippen molar-refractivity contribution >= 4 is 16.1 Å². The van der Waals surface area contributed by atoms with Gasteiger partial charge in [0.1, 0.15) is 12.7 Å². The van der Waals surface area contributed by atoms with Crippen molar-refractivity contribution in [1.29, 1.82) is 0 Å². The van der Waals surface area contributed by atoms with Gasteiger partial charge in [-0.25, -0.2) is 4.79 Å². The lowest BCUT2D eigenvalue weighted by Gasteiger charge is -2.17. The first-order valence-corrected chi connectivity index (χ1v) is 10.2. The molecule has 0 heterocycles. The fraction of sp³-hybridized carbons (Fsp3) is 0.611. The Labute approximate surface area is 155 Å². The van der Waals surface area contributed by atoms with Crippen molar-refractivity contribution in [2.24, 2.45) is 5.92 Å². The van der Waals surface area contributed by atoms with E-state index in [2.05, 4.69) is 13.8 Å². The fourth-order valence-corrected chi connectivity index (χ4v) is 2.82. The molecule has 0 saturated heterocycles. The van der Waals surface area contributed by atoms with Gasteiger partial charge in [-0.1, -0.05) is 33.1 Å². The van der Waals surface area contributed by atoms with Gasteiger partial charge in [0.2, 0.25) is 0 Å². The summed E-state index contributed by atoms with van der Waals surface area (Å²) in [6.07, 6.45) is 3.47. The molecule has 0 radical (unpaired) electrons. The first kappa shape index (κ1) is 22.6. The number of rotatable bonds is 12. The Kier molecular flexibility index (Phi) is 9.79. The van der Waals surface area contributed by atoms with E-state index < -0.39 is 22.2 Å². The molecule has 2 N–H and O–H groups in total. The summed E-state index contributed by atoms with van der Waals surface area (Å²) in [6.45, 7) is 4.68. The van der Waals surface area contributed by atoms with E-state index in [0.717, 1.165) is 37.8 Å². The lowest BCUT2D eigenvalue weighted by Crippen LogP contribution is -2.25. The summed E-state index contributed by atoms with van der Waals surface area (Å²) in [5, 5.41) is 9.84. The first-order valence-electron chi connectivity index (χ1n) is 8.78. The van der Waals surface area contributed by atoms with E-state index in [9.17, 15) is 18.3 Å². The zero-order valence-electron chi connectivity index (χ0n) is 15.3. The second-order valence-electron chi connectivity index (χ2n) is 6.21. The van der Waals surface area contributed by atoms with E-state index in [1.165, 1.54) is 12.1 Å².